The summed E-state index contributed by atoms with van der Waals surface area (Å²) in [5.41, 5.74) is 2.94. The maximum Gasteiger partial charge on any atom is 0.175 e. The van der Waals surface area contributed by atoms with Gasteiger partial charge in [0.05, 0.1) is 28.4 Å². The largest absolute Gasteiger partial charge is 0.371 e. The highest BCUT2D eigenvalue weighted by Crippen LogP contribution is 2.35. The van der Waals surface area contributed by atoms with Gasteiger partial charge in [0.15, 0.2) is 9.84 Å². The second-order valence-corrected chi connectivity index (χ2v) is 9.22. The Hall–Kier alpha value is -2.38. The first kappa shape index (κ1) is 18.0. The van der Waals surface area contributed by atoms with Gasteiger partial charge in [-0.25, -0.2) is 8.42 Å². The quantitative estimate of drug-likeness (QED) is 0.758. The maximum absolute atomic E-state index is 11.6. The van der Waals surface area contributed by atoms with Crippen LogP contribution in [0.2, 0.25) is 0 Å². The van der Waals surface area contributed by atoms with E-state index in [4.69, 9.17) is 4.99 Å². The van der Waals surface area contributed by atoms with Gasteiger partial charge in [0, 0.05) is 6.26 Å². The first-order valence-corrected chi connectivity index (χ1v) is 11.0. The summed E-state index contributed by atoms with van der Waals surface area (Å²) in [5, 5.41) is 10.7. The molecule has 2 heterocycles. The van der Waals surface area contributed by atoms with E-state index in [0.29, 0.717) is 11.4 Å². The van der Waals surface area contributed by atoms with Crippen molar-refractivity contribution in [3.63, 3.8) is 0 Å². The molecule has 0 aromatic heterocycles. The van der Waals surface area contributed by atoms with Crippen molar-refractivity contribution in [2.24, 2.45) is 4.99 Å². The second kappa shape index (κ2) is 6.98. The number of hydrogen-bond donors (Lipinski definition) is 3. The van der Waals surface area contributed by atoms with Gasteiger partial charge < -0.3 is 16.0 Å². The lowest BCUT2D eigenvalue weighted by atomic mass is 9.84. The van der Waals surface area contributed by atoms with E-state index in [1.54, 1.807) is 12.1 Å². The molecule has 2 aromatic carbocycles. The highest BCUT2D eigenvalue weighted by molar-refractivity contribution is 7.90. The van der Waals surface area contributed by atoms with Crippen molar-refractivity contribution < 1.29 is 8.42 Å². The summed E-state index contributed by atoms with van der Waals surface area (Å²) in [6, 6.07) is 15.1. The number of nitrogens with zero attached hydrogens (tertiary/aromatic N) is 1. The van der Waals surface area contributed by atoms with Crippen LogP contribution in [-0.2, 0) is 16.4 Å². The van der Waals surface area contributed by atoms with Crippen molar-refractivity contribution in [2.75, 3.05) is 30.0 Å². The van der Waals surface area contributed by atoms with Gasteiger partial charge in [0.2, 0.25) is 0 Å². The zero-order valence-corrected chi connectivity index (χ0v) is 16.1. The maximum atomic E-state index is 11.6. The van der Waals surface area contributed by atoms with Crippen LogP contribution in [-0.4, -0.2) is 39.1 Å². The topological polar surface area (TPSA) is 82.6 Å². The Labute approximate surface area is 160 Å². The summed E-state index contributed by atoms with van der Waals surface area (Å²) >= 11 is 0. The number of sulfone groups is 1. The van der Waals surface area contributed by atoms with E-state index in [1.807, 2.05) is 30.3 Å². The van der Waals surface area contributed by atoms with E-state index < -0.39 is 9.84 Å². The summed E-state index contributed by atoms with van der Waals surface area (Å²) < 4.78 is 23.2. The first-order valence-electron chi connectivity index (χ1n) is 9.15. The highest BCUT2D eigenvalue weighted by atomic mass is 32.2. The predicted molar refractivity (Wildman–Crippen MR) is 109 cm³/mol. The van der Waals surface area contributed by atoms with Crippen molar-refractivity contribution >= 4 is 27.0 Å². The normalized spacial score (nSPS) is 20.0. The van der Waals surface area contributed by atoms with Gasteiger partial charge in [0.1, 0.15) is 5.84 Å². The van der Waals surface area contributed by atoms with Crippen molar-refractivity contribution in [2.45, 2.75) is 29.8 Å². The number of benzene rings is 2. The molecule has 0 aliphatic carbocycles. The minimum atomic E-state index is -3.18. The van der Waals surface area contributed by atoms with Gasteiger partial charge in [-0.3, -0.25) is 4.99 Å². The van der Waals surface area contributed by atoms with Gasteiger partial charge >= 0.3 is 0 Å². The smallest absolute Gasteiger partial charge is 0.175 e. The van der Waals surface area contributed by atoms with Crippen LogP contribution in [0, 0.1) is 0 Å². The van der Waals surface area contributed by atoms with E-state index in [2.05, 4.69) is 22.0 Å². The standard InChI is InChI=1S/C20H24N4O2S/c1-27(25,26)16-8-6-15(7-9-16)14-22-19-20(10-12-21-13-11-20)24-18-5-3-2-4-17(18)23-19/h2-9,21,24H,10-14H2,1H3,(H,22,23). The number of anilines is 2. The summed E-state index contributed by atoms with van der Waals surface area (Å²) in [6.45, 7) is 2.39. The summed E-state index contributed by atoms with van der Waals surface area (Å²) in [6.07, 6.45) is 3.14. The third-order valence-corrected chi connectivity index (χ3v) is 6.36. The summed E-state index contributed by atoms with van der Waals surface area (Å²) in [7, 11) is -3.18. The van der Waals surface area contributed by atoms with Crippen LogP contribution in [0.3, 0.4) is 0 Å². The molecule has 6 nitrogen and oxygen atoms in total. The SMILES string of the molecule is CS(=O)(=O)c1ccc(CN=C2Nc3ccccc3NC23CCNCC3)cc1. The van der Waals surface area contributed by atoms with Gasteiger partial charge in [-0.2, -0.15) is 0 Å². The first-order chi connectivity index (χ1) is 13.0. The van der Waals surface area contributed by atoms with Crippen LogP contribution in [0.25, 0.3) is 0 Å². The van der Waals surface area contributed by atoms with Crippen LogP contribution < -0.4 is 16.0 Å². The number of hydrogen-bond acceptors (Lipinski definition) is 5. The lowest BCUT2D eigenvalue weighted by molar-refractivity contribution is 0.419. The number of aliphatic imine (C=N–C) groups is 1. The summed E-state index contributed by atoms with van der Waals surface area (Å²) in [5.74, 6) is 0.954. The van der Waals surface area contributed by atoms with Crippen LogP contribution >= 0.6 is 0 Å². The average Bonchev–Trinajstić information content (AvgIpc) is 2.66. The van der Waals surface area contributed by atoms with Gasteiger partial charge in [-0.1, -0.05) is 24.3 Å². The minimum absolute atomic E-state index is 0.188. The lowest BCUT2D eigenvalue weighted by Crippen LogP contribution is -2.57. The van der Waals surface area contributed by atoms with Crippen molar-refractivity contribution in [1.82, 2.24) is 5.32 Å². The fourth-order valence-corrected chi connectivity index (χ4v) is 4.31. The van der Waals surface area contributed by atoms with Crippen molar-refractivity contribution in [1.29, 1.82) is 0 Å². The molecule has 0 unspecified atom stereocenters. The van der Waals surface area contributed by atoms with Crippen LogP contribution in [0.15, 0.2) is 58.4 Å². The summed E-state index contributed by atoms with van der Waals surface area (Å²) in [4.78, 5) is 5.22. The van der Waals surface area contributed by atoms with Crippen LogP contribution in [0.4, 0.5) is 11.4 Å². The molecule has 7 heteroatoms. The molecule has 3 N–H and O–H groups in total. The Balaban J connectivity index is 1.61. The molecule has 2 aliphatic heterocycles. The zero-order chi connectivity index (χ0) is 18.9. The molecule has 1 fully saturated rings. The molecular weight excluding hydrogens is 360 g/mol. The van der Waals surface area contributed by atoms with Crippen LogP contribution in [0.1, 0.15) is 18.4 Å². The van der Waals surface area contributed by atoms with Crippen molar-refractivity contribution in [3.05, 3.63) is 54.1 Å². The number of fused-ring (bicyclic) bond motifs is 1. The molecule has 1 saturated heterocycles. The number of para-hydroxylation sites is 2. The van der Waals surface area contributed by atoms with E-state index >= 15 is 0 Å². The third-order valence-electron chi connectivity index (χ3n) is 5.24. The lowest BCUT2D eigenvalue weighted by Gasteiger charge is -2.44. The molecule has 0 saturated carbocycles. The Kier molecular flexibility index (Phi) is 4.65. The average molecular weight is 385 g/mol. The molecule has 0 atom stereocenters. The number of nitrogens with one attached hydrogen (secondary N) is 3. The third kappa shape index (κ3) is 3.70. The molecule has 27 heavy (non-hydrogen) atoms. The second-order valence-electron chi connectivity index (χ2n) is 7.21. The van der Waals surface area contributed by atoms with E-state index in [-0.39, 0.29) is 5.54 Å². The molecule has 0 bridgehead atoms. The Morgan fingerprint density at radius 1 is 1.00 bits per heavy atom. The number of rotatable bonds is 3. The molecule has 2 aliphatic rings. The molecular formula is C20H24N4O2S. The van der Waals surface area contributed by atoms with E-state index in [1.165, 1.54) is 6.26 Å². The van der Waals surface area contributed by atoms with Crippen LogP contribution in [0.5, 0.6) is 0 Å². The minimum Gasteiger partial charge on any atom is -0.371 e. The van der Waals surface area contributed by atoms with Gasteiger partial charge in [-0.15, -0.1) is 0 Å². The molecule has 4 rings (SSSR count). The monoisotopic (exact) mass is 384 g/mol. The molecule has 1 spiro atoms. The van der Waals surface area contributed by atoms with Gasteiger partial charge in [-0.05, 0) is 55.8 Å². The molecule has 2 aromatic rings. The Bertz CT molecular complexity index is 962. The van der Waals surface area contributed by atoms with Gasteiger partial charge in [0.25, 0.3) is 0 Å². The molecule has 0 radical (unpaired) electrons. The highest BCUT2D eigenvalue weighted by Gasteiger charge is 2.40. The molecule has 142 valence electrons. The fraction of sp³-hybridized carbons (Fsp3) is 0.350. The predicted octanol–water partition coefficient (Wildman–Crippen LogP) is 2.65. The Morgan fingerprint density at radius 3 is 2.33 bits per heavy atom. The van der Waals surface area contributed by atoms with Crippen molar-refractivity contribution in [3.8, 4) is 0 Å². The Morgan fingerprint density at radius 2 is 1.67 bits per heavy atom. The molecule has 0 amide bonds. The number of piperidine rings is 1. The van der Waals surface area contributed by atoms with E-state index in [9.17, 15) is 8.42 Å². The fourth-order valence-electron chi connectivity index (χ4n) is 3.68. The number of amidine groups is 1. The zero-order valence-electron chi connectivity index (χ0n) is 15.3. The van der Waals surface area contributed by atoms with E-state index in [0.717, 1.165) is 48.7 Å².